The smallest absolute Gasteiger partial charge is 0.735 e. The van der Waals surface area contributed by atoms with E-state index < -0.39 is 10.3 Å². The van der Waals surface area contributed by atoms with Crippen molar-refractivity contribution in [3.05, 3.63) is 0 Å². The molecule has 0 spiro atoms. The molecular formula is C6H10LiNO5S. The summed E-state index contributed by atoms with van der Waals surface area (Å²) in [6, 6.07) is -0.562. The van der Waals surface area contributed by atoms with Gasteiger partial charge in [-0.05, 0) is 0 Å². The molecule has 2 rings (SSSR count). The van der Waals surface area contributed by atoms with Crippen LogP contribution >= 0.6 is 0 Å². The third-order valence-corrected chi connectivity index (χ3v) is 3.33. The van der Waals surface area contributed by atoms with Crippen molar-refractivity contribution < 1.29 is 41.3 Å². The fourth-order valence-electron chi connectivity index (χ4n) is 1.40. The van der Waals surface area contributed by atoms with Crippen LogP contribution in [0.1, 0.15) is 0 Å². The monoisotopic (exact) mass is 215 g/mol. The molecule has 2 fully saturated rings. The normalized spacial score (nSPS) is 23.9. The molecule has 76 valence electrons. The number of hydrogen-bond donors (Lipinski definition) is 0. The van der Waals surface area contributed by atoms with Crippen LogP contribution in [0.15, 0.2) is 0 Å². The quantitative estimate of drug-likeness (QED) is 0.350. The average Bonchev–Trinajstić information content (AvgIpc) is 1.75. The summed E-state index contributed by atoms with van der Waals surface area (Å²) in [5.74, 6) is 0. The van der Waals surface area contributed by atoms with Gasteiger partial charge in [-0.15, -0.1) is 0 Å². The van der Waals surface area contributed by atoms with Crippen molar-refractivity contribution in [3.8, 4) is 0 Å². The van der Waals surface area contributed by atoms with E-state index in [2.05, 4.69) is 0 Å². The van der Waals surface area contributed by atoms with Gasteiger partial charge in [0.2, 0.25) is 0 Å². The molecule has 6 nitrogen and oxygen atoms in total. The molecule has 2 saturated heterocycles. The van der Waals surface area contributed by atoms with Crippen molar-refractivity contribution in [1.82, 2.24) is 4.31 Å². The van der Waals surface area contributed by atoms with Gasteiger partial charge in [-0.3, -0.25) is 0 Å². The van der Waals surface area contributed by atoms with Crippen molar-refractivity contribution in [2.24, 2.45) is 0 Å². The summed E-state index contributed by atoms with van der Waals surface area (Å²) in [5, 5.41) is 0. The van der Waals surface area contributed by atoms with Gasteiger partial charge in [0.25, 0.3) is 0 Å². The standard InChI is InChI=1S/C6H11NO5S.Li/c8-13(9,10)7(5-1-11-2-5)6-3-12-4-6;/h5-6H,1-4H2,(H,8,9,10);/q;+1/p-1. The van der Waals surface area contributed by atoms with Crippen LogP contribution in [0, 0.1) is 0 Å². The predicted octanol–water partition coefficient (Wildman–Crippen LogP) is -4.45. The Morgan fingerprint density at radius 2 is 1.43 bits per heavy atom. The molecule has 0 saturated carbocycles. The molecule has 0 atom stereocenters. The number of hydrogen-bond acceptors (Lipinski definition) is 5. The maximum atomic E-state index is 10.9. The van der Waals surface area contributed by atoms with Crippen LogP contribution in [0.4, 0.5) is 0 Å². The first kappa shape index (κ1) is 12.5. The summed E-state index contributed by atoms with van der Waals surface area (Å²) in [5.41, 5.74) is 0. The van der Waals surface area contributed by atoms with E-state index in [4.69, 9.17) is 9.47 Å². The predicted molar refractivity (Wildman–Crippen MR) is 40.8 cm³/mol. The van der Waals surface area contributed by atoms with Gasteiger partial charge >= 0.3 is 18.9 Å². The third kappa shape index (κ3) is 2.31. The topological polar surface area (TPSA) is 78.9 Å². The second-order valence-corrected chi connectivity index (χ2v) is 4.45. The molecule has 0 bridgehead atoms. The molecule has 2 aliphatic heterocycles. The summed E-state index contributed by atoms with van der Waals surface area (Å²) in [7, 11) is -4.36. The molecule has 0 radical (unpaired) electrons. The Bertz CT molecular complexity index is 273. The van der Waals surface area contributed by atoms with E-state index in [9.17, 15) is 13.0 Å². The van der Waals surface area contributed by atoms with Gasteiger partial charge in [-0.1, -0.05) is 0 Å². The van der Waals surface area contributed by atoms with Gasteiger partial charge in [0.1, 0.15) is 0 Å². The molecule has 8 heteroatoms. The summed E-state index contributed by atoms with van der Waals surface area (Å²) in [6.45, 7) is 1.27. The van der Waals surface area contributed by atoms with Crippen LogP contribution in [0.2, 0.25) is 0 Å². The summed E-state index contributed by atoms with van der Waals surface area (Å²) in [4.78, 5) is 0. The Morgan fingerprint density at radius 3 is 1.57 bits per heavy atom. The van der Waals surface area contributed by atoms with Gasteiger partial charge in [-0.25, -0.2) is 8.42 Å². The Morgan fingerprint density at radius 1 is 1.07 bits per heavy atom. The summed E-state index contributed by atoms with van der Waals surface area (Å²) in [6.07, 6.45) is 0. The van der Waals surface area contributed by atoms with Crippen LogP contribution in [0.3, 0.4) is 0 Å². The van der Waals surface area contributed by atoms with E-state index in [1.54, 1.807) is 0 Å². The molecule has 0 aromatic rings. The maximum Gasteiger partial charge on any atom is 1.00 e. The molecule has 14 heavy (non-hydrogen) atoms. The largest absolute Gasteiger partial charge is 1.00 e. The zero-order chi connectivity index (χ0) is 9.47. The van der Waals surface area contributed by atoms with Crippen LogP contribution in [0.25, 0.3) is 0 Å². The van der Waals surface area contributed by atoms with Crippen LogP contribution in [0.5, 0.6) is 0 Å². The molecule has 0 aromatic heterocycles. The van der Waals surface area contributed by atoms with E-state index in [0.717, 1.165) is 4.31 Å². The molecule has 0 amide bonds. The minimum atomic E-state index is -4.36. The number of ether oxygens (including phenoxy) is 2. The molecule has 0 unspecified atom stereocenters. The molecule has 0 aromatic carbocycles. The van der Waals surface area contributed by atoms with Crippen molar-refractivity contribution in [2.45, 2.75) is 12.1 Å². The second kappa shape index (κ2) is 4.49. The van der Waals surface area contributed by atoms with Gasteiger partial charge in [-0.2, -0.15) is 4.31 Å². The first-order valence-electron chi connectivity index (χ1n) is 3.99. The number of nitrogens with zero attached hydrogens (tertiary/aromatic N) is 1. The SMILES string of the molecule is O=S(=O)([O-])N(C1COC1)C1COC1.[Li+]. The number of rotatable bonds is 3. The van der Waals surface area contributed by atoms with Crippen LogP contribution in [-0.2, 0) is 19.8 Å². The first-order chi connectivity index (χ1) is 6.09. The van der Waals surface area contributed by atoms with E-state index in [1.807, 2.05) is 0 Å². The van der Waals surface area contributed by atoms with E-state index in [1.165, 1.54) is 0 Å². The van der Waals surface area contributed by atoms with Gasteiger partial charge in [0.05, 0.1) is 38.5 Å². The van der Waals surface area contributed by atoms with Crippen molar-refractivity contribution >= 4 is 10.3 Å². The van der Waals surface area contributed by atoms with E-state index in [-0.39, 0.29) is 30.9 Å². The van der Waals surface area contributed by atoms with Crippen molar-refractivity contribution in [2.75, 3.05) is 26.4 Å². The van der Waals surface area contributed by atoms with Gasteiger partial charge < -0.3 is 14.0 Å². The maximum absolute atomic E-state index is 10.9. The Balaban J connectivity index is 0.000000980. The van der Waals surface area contributed by atoms with E-state index >= 15 is 0 Å². The van der Waals surface area contributed by atoms with E-state index in [0.29, 0.717) is 26.4 Å². The molecule has 2 heterocycles. The Kier molecular flexibility index (Phi) is 4.00. The van der Waals surface area contributed by atoms with Crippen LogP contribution in [-0.4, -0.2) is 55.8 Å². The zero-order valence-corrected chi connectivity index (χ0v) is 8.70. The molecular weight excluding hydrogens is 205 g/mol. The zero-order valence-electron chi connectivity index (χ0n) is 7.88. The van der Waals surface area contributed by atoms with Crippen LogP contribution < -0.4 is 18.9 Å². The molecule has 0 N–H and O–H groups in total. The van der Waals surface area contributed by atoms with Gasteiger partial charge in [0, 0.05) is 0 Å². The Labute approximate surface area is 94.6 Å². The third-order valence-electron chi connectivity index (χ3n) is 2.22. The minimum absolute atomic E-state index is 0. The molecule has 0 aliphatic carbocycles. The first-order valence-corrected chi connectivity index (χ1v) is 5.35. The fourth-order valence-corrected chi connectivity index (χ4v) is 2.38. The minimum Gasteiger partial charge on any atom is -0.735 e. The van der Waals surface area contributed by atoms with Crippen molar-refractivity contribution in [1.29, 1.82) is 0 Å². The summed E-state index contributed by atoms with van der Waals surface area (Å²) < 4.78 is 43.2. The average molecular weight is 215 g/mol. The van der Waals surface area contributed by atoms with Gasteiger partial charge in [0.15, 0.2) is 10.3 Å². The second-order valence-electron chi connectivity index (χ2n) is 3.17. The Hall–Kier alpha value is 0.387. The fraction of sp³-hybridized carbons (Fsp3) is 1.00. The molecule has 2 aliphatic rings. The van der Waals surface area contributed by atoms with Crippen molar-refractivity contribution in [3.63, 3.8) is 0 Å². The summed E-state index contributed by atoms with van der Waals surface area (Å²) >= 11 is 0.